The van der Waals surface area contributed by atoms with Gasteiger partial charge in [-0.3, -0.25) is 4.79 Å². The molecular formula is C21H30O4. The van der Waals surface area contributed by atoms with E-state index in [4.69, 9.17) is 5.11 Å². The number of unbranched alkanes of at least 4 members (excludes halogenated alkanes) is 4. The van der Waals surface area contributed by atoms with E-state index in [-0.39, 0.29) is 11.5 Å². The summed E-state index contributed by atoms with van der Waals surface area (Å²) in [5.41, 5.74) is 1.53. The number of benzene rings is 1. The Kier molecular flexibility index (Phi) is 10.3. The Morgan fingerprint density at radius 2 is 1.48 bits per heavy atom. The molecule has 1 aromatic rings. The molecule has 0 radical (unpaired) electrons. The van der Waals surface area contributed by atoms with E-state index < -0.39 is 11.9 Å². The van der Waals surface area contributed by atoms with Crippen molar-refractivity contribution in [2.45, 2.75) is 64.2 Å². The first-order valence-corrected chi connectivity index (χ1v) is 9.18. The summed E-state index contributed by atoms with van der Waals surface area (Å²) in [6.07, 6.45) is 8.56. The fraction of sp³-hybridized carbons (Fsp3) is 0.524. The maximum atomic E-state index is 11.4. The lowest BCUT2D eigenvalue weighted by molar-refractivity contribution is -0.142. The van der Waals surface area contributed by atoms with Crippen molar-refractivity contribution in [3.05, 3.63) is 48.0 Å². The molecular weight excluding hydrogens is 316 g/mol. The lowest BCUT2D eigenvalue weighted by Gasteiger charge is -2.12. The fourth-order valence-electron chi connectivity index (χ4n) is 2.95. The van der Waals surface area contributed by atoms with Crippen molar-refractivity contribution in [2.24, 2.45) is 5.92 Å². The van der Waals surface area contributed by atoms with Crippen molar-refractivity contribution < 1.29 is 19.8 Å². The normalized spacial score (nSPS) is 11.8. The van der Waals surface area contributed by atoms with Crippen LogP contribution in [0.1, 0.15) is 63.4 Å². The molecule has 0 fully saturated rings. The van der Waals surface area contributed by atoms with Crippen molar-refractivity contribution in [3.8, 4) is 0 Å². The number of carbonyl (C=O) groups is 2. The summed E-state index contributed by atoms with van der Waals surface area (Å²) < 4.78 is 0. The third-order valence-corrected chi connectivity index (χ3v) is 4.54. The largest absolute Gasteiger partial charge is 0.481 e. The van der Waals surface area contributed by atoms with Crippen molar-refractivity contribution in [3.63, 3.8) is 0 Å². The van der Waals surface area contributed by atoms with Gasteiger partial charge in [0.2, 0.25) is 0 Å². The first-order chi connectivity index (χ1) is 12.0. The molecule has 0 aliphatic carbocycles. The van der Waals surface area contributed by atoms with Gasteiger partial charge in [0.25, 0.3) is 0 Å². The summed E-state index contributed by atoms with van der Waals surface area (Å²) in [5, 5.41) is 18.1. The highest BCUT2D eigenvalue weighted by atomic mass is 16.4. The van der Waals surface area contributed by atoms with Gasteiger partial charge in [0.15, 0.2) is 0 Å². The van der Waals surface area contributed by atoms with Gasteiger partial charge in [-0.15, -0.1) is 0 Å². The van der Waals surface area contributed by atoms with E-state index in [0.717, 1.165) is 57.8 Å². The average molecular weight is 346 g/mol. The molecule has 25 heavy (non-hydrogen) atoms. The highest BCUT2D eigenvalue weighted by Gasteiger charge is 2.16. The number of hydrogen-bond acceptors (Lipinski definition) is 2. The Balaban J connectivity index is 2.11. The lowest BCUT2D eigenvalue weighted by Crippen LogP contribution is -2.14. The summed E-state index contributed by atoms with van der Waals surface area (Å²) >= 11 is 0. The lowest BCUT2D eigenvalue weighted by atomic mass is 9.94. The Bertz CT molecular complexity index is 536. The first kappa shape index (κ1) is 20.9. The zero-order valence-electron chi connectivity index (χ0n) is 15.0. The average Bonchev–Trinajstić information content (AvgIpc) is 2.59. The molecule has 1 atom stereocenters. The minimum absolute atomic E-state index is 0.254. The number of carboxylic acids is 2. The van der Waals surface area contributed by atoms with Crippen LogP contribution in [0.4, 0.5) is 0 Å². The van der Waals surface area contributed by atoms with Crippen LogP contribution in [0.5, 0.6) is 0 Å². The molecule has 1 aromatic carbocycles. The smallest absolute Gasteiger partial charge is 0.330 e. The van der Waals surface area contributed by atoms with Crippen LogP contribution in [0.15, 0.2) is 42.5 Å². The summed E-state index contributed by atoms with van der Waals surface area (Å²) in [6.45, 7) is 3.52. The second-order valence-electron chi connectivity index (χ2n) is 6.63. The molecule has 2 N–H and O–H groups in total. The molecule has 0 aromatic heterocycles. The van der Waals surface area contributed by atoms with E-state index in [9.17, 15) is 14.7 Å². The summed E-state index contributed by atoms with van der Waals surface area (Å²) in [7, 11) is 0. The van der Waals surface area contributed by atoms with Gasteiger partial charge in [-0.2, -0.15) is 0 Å². The summed E-state index contributed by atoms with van der Waals surface area (Å²) in [5.74, 6) is -1.86. The maximum Gasteiger partial charge on any atom is 0.330 e. The van der Waals surface area contributed by atoms with Crippen LogP contribution in [0.2, 0.25) is 0 Å². The first-order valence-electron chi connectivity index (χ1n) is 9.18. The van der Waals surface area contributed by atoms with Crippen LogP contribution >= 0.6 is 0 Å². The standard InChI is InChI=1S/C21H30O4/c1-17(20(22)23)11-6-3-2-4-9-15-19(21(24)25)16-10-14-18-12-7-5-8-13-18/h5,7-8,12-13,19H,1-4,6,9-11,14-16H2,(H,22,23)(H,24,25). The summed E-state index contributed by atoms with van der Waals surface area (Å²) in [4.78, 5) is 22.0. The molecule has 0 spiro atoms. The molecule has 0 saturated heterocycles. The Hall–Kier alpha value is -2.10. The van der Waals surface area contributed by atoms with E-state index >= 15 is 0 Å². The fourth-order valence-corrected chi connectivity index (χ4v) is 2.95. The van der Waals surface area contributed by atoms with Gasteiger partial charge < -0.3 is 10.2 Å². The topological polar surface area (TPSA) is 74.6 Å². The third kappa shape index (κ3) is 9.70. The van der Waals surface area contributed by atoms with Gasteiger partial charge in [0.1, 0.15) is 0 Å². The SMILES string of the molecule is C=C(CCCCCCCC(CCCc1ccccc1)C(=O)O)C(=O)O. The third-order valence-electron chi connectivity index (χ3n) is 4.54. The van der Waals surface area contributed by atoms with Gasteiger partial charge in [0.05, 0.1) is 5.92 Å². The van der Waals surface area contributed by atoms with E-state index in [2.05, 4.69) is 18.7 Å². The van der Waals surface area contributed by atoms with Crippen LogP contribution in [-0.2, 0) is 16.0 Å². The number of aryl methyl sites for hydroxylation is 1. The maximum absolute atomic E-state index is 11.4. The minimum Gasteiger partial charge on any atom is -0.481 e. The monoisotopic (exact) mass is 346 g/mol. The number of carboxylic acid groups (broad SMARTS) is 2. The molecule has 0 amide bonds. The highest BCUT2D eigenvalue weighted by Crippen LogP contribution is 2.19. The molecule has 0 aliphatic rings. The predicted molar refractivity (Wildman–Crippen MR) is 99.6 cm³/mol. The van der Waals surface area contributed by atoms with Gasteiger partial charge >= 0.3 is 11.9 Å². The Labute approximate surface area is 150 Å². The van der Waals surface area contributed by atoms with Crippen LogP contribution in [-0.4, -0.2) is 22.2 Å². The molecule has 0 bridgehead atoms. The molecule has 4 nitrogen and oxygen atoms in total. The van der Waals surface area contributed by atoms with E-state index in [1.54, 1.807) is 0 Å². The van der Waals surface area contributed by atoms with Crippen LogP contribution in [0.3, 0.4) is 0 Å². The second-order valence-corrected chi connectivity index (χ2v) is 6.63. The van der Waals surface area contributed by atoms with E-state index in [0.29, 0.717) is 6.42 Å². The van der Waals surface area contributed by atoms with Crippen molar-refractivity contribution in [1.82, 2.24) is 0 Å². The van der Waals surface area contributed by atoms with Crippen LogP contribution in [0, 0.1) is 5.92 Å². The van der Waals surface area contributed by atoms with E-state index in [1.165, 1.54) is 5.56 Å². The zero-order chi connectivity index (χ0) is 18.5. The Morgan fingerprint density at radius 3 is 2.12 bits per heavy atom. The van der Waals surface area contributed by atoms with Gasteiger partial charge in [-0.05, 0) is 44.1 Å². The van der Waals surface area contributed by atoms with Crippen molar-refractivity contribution in [2.75, 3.05) is 0 Å². The highest BCUT2D eigenvalue weighted by molar-refractivity contribution is 5.85. The molecule has 0 saturated carbocycles. The molecule has 0 aliphatic heterocycles. The number of aliphatic carboxylic acids is 2. The van der Waals surface area contributed by atoms with Crippen molar-refractivity contribution >= 4 is 11.9 Å². The molecule has 138 valence electrons. The summed E-state index contributed by atoms with van der Waals surface area (Å²) in [6, 6.07) is 10.2. The number of rotatable bonds is 14. The number of hydrogen-bond donors (Lipinski definition) is 2. The Morgan fingerprint density at radius 1 is 0.880 bits per heavy atom. The van der Waals surface area contributed by atoms with Gasteiger partial charge in [-0.25, -0.2) is 4.79 Å². The van der Waals surface area contributed by atoms with Crippen molar-refractivity contribution in [1.29, 1.82) is 0 Å². The van der Waals surface area contributed by atoms with Crippen LogP contribution < -0.4 is 0 Å². The second kappa shape index (κ2) is 12.3. The predicted octanol–water partition coefficient (Wildman–Crippen LogP) is 5.08. The molecule has 4 heteroatoms. The van der Waals surface area contributed by atoms with Crippen LogP contribution in [0.25, 0.3) is 0 Å². The molecule has 0 heterocycles. The van der Waals surface area contributed by atoms with E-state index in [1.807, 2.05) is 18.2 Å². The molecule has 1 unspecified atom stereocenters. The molecule has 1 rings (SSSR count). The zero-order valence-corrected chi connectivity index (χ0v) is 15.0. The van der Waals surface area contributed by atoms with Gasteiger partial charge in [-0.1, -0.05) is 62.6 Å². The quantitative estimate of drug-likeness (QED) is 0.364. The minimum atomic E-state index is -0.917. The van der Waals surface area contributed by atoms with Gasteiger partial charge in [0, 0.05) is 5.57 Å².